The summed E-state index contributed by atoms with van der Waals surface area (Å²) in [6.07, 6.45) is 0.957. The van der Waals surface area contributed by atoms with Crippen molar-refractivity contribution in [3.8, 4) is 0 Å². The zero-order valence-corrected chi connectivity index (χ0v) is 15.9. The van der Waals surface area contributed by atoms with E-state index in [1.54, 1.807) is 6.92 Å². The van der Waals surface area contributed by atoms with Crippen LogP contribution in [0.1, 0.15) is 29.7 Å². The Labute approximate surface area is 149 Å². The third-order valence-corrected chi connectivity index (χ3v) is 5.87. The third kappa shape index (κ3) is 4.87. The van der Waals surface area contributed by atoms with Crippen molar-refractivity contribution in [2.45, 2.75) is 31.2 Å². The predicted molar refractivity (Wildman–Crippen MR) is 98.6 cm³/mol. The van der Waals surface area contributed by atoms with Crippen LogP contribution in [0.5, 0.6) is 0 Å². The fraction of sp³-hybridized carbons (Fsp3) is 0.368. The zero-order valence-electron chi connectivity index (χ0n) is 15.1. The van der Waals surface area contributed by atoms with Gasteiger partial charge < -0.3 is 4.90 Å². The van der Waals surface area contributed by atoms with Crippen LogP contribution in [0.25, 0.3) is 0 Å². The molecule has 1 atom stereocenters. The third-order valence-electron chi connectivity index (χ3n) is 4.30. The molecule has 0 aromatic heterocycles. The molecule has 4 nitrogen and oxygen atoms in total. The Kier molecular flexibility index (Phi) is 6.32. The molecule has 0 aliphatic carbocycles. The topological polar surface area (TPSA) is 49.4 Å². The van der Waals surface area contributed by atoms with Gasteiger partial charge in [0.2, 0.25) is 10.0 Å². The minimum atomic E-state index is -3.78. The second-order valence-electron chi connectivity index (χ2n) is 6.34. The van der Waals surface area contributed by atoms with Gasteiger partial charge in [-0.25, -0.2) is 17.5 Å². The molecule has 0 aliphatic rings. The summed E-state index contributed by atoms with van der Waals surface area (Å²) in [5.41, 5.74) is 2.78. The Morgan fingerprint density at radius 2 is 1.76 bits per heavy atom. The second-order valence-corrected chi connectivity index (χ2v) is 8.07. The van der Waals surface area contributed by atoms with Gasteiger partial charge in [-0.2, -0.15) is 0 Å². The molecule has 2 aromatic rings. The first-order chi connectivity index (χ1) is 11.7. The van der Waals surface area contributed by atoms with E-state index in [2.05, 4.69) is 23.8 Å². The van der Waals surface area contributed by atoms with Crippen molar-refractivity contribution in [1.29, 1.82) is 0 Å². The molecule has 0 bridgehead atoms. The highest BCUT2D eigenvalue weighted by Gasteiger charge is 2.21. The van der Waals surface area contributed by atoms with Crippen molar-refractivity contribution in [2.75, 3.05) is 20.6 Å². The largest absolute Gasteiger partial charge is 0.301 e. The number of nitrogens with one attached hydrogen (secondary N) is 1. The van der Waals surface area contributed by atoms with Crippen molar-refractivity contribution < 1.29 is 12.8 Å². The van der Waals surface area contributed by atoms with Gasteiger partial charge in [0.15, 0.2) is 0 Å². The monoisotopic (exact) mass is 364 g/mol. The molecule has 0 spiro atoms. The van der Waals surface area contributed by atoms with E-state index >= 15 is 0 Å². The first-order valence-electron chi connectivity index (χ1n) is 8.25. The molecule has 2 aromatic carbocycles. The van der Waals surface area contributed by atoms with Crippen LogP contribution in [0.3, 0.4) is 0 Å². The van der Waals surface area contributed by atoms with E-state index in [1.165, 1.54) is 17.7 Å². The fourth-order valence-corrected chi connectivity index (χ4v) is 4.00. The molecule has 25 heavy (non-hydrogen) atoms. The summed E-state index contributed by atoms with van der Waals surface area (Å²) in [6.45, 7) is 3.95. The maximum Gasteiger partial charge on any atom is 0.240 e. The smallest absolute Gasteiger partial charge is 0.240 e. The van der Waals surface area contributed by atoms with Gasteiger partial charge in [0.1, 0.15) is 5.82 Å². The van der Waals surface area contributed by atoms with Crippen LogP contribution in [-0.2, 0) is 16.4 Å². The Hall–Kier alpha value is -1.76. The molecule has 0 radical (unpaired) electrons. The van der Waals surface area contributed by atoms with Crippen LogP contribution >= 0.6 is 0 Å². The maximum atomic E-state index is 13.4. The van der Waals surface area contributed by atoms with Crippen molar-refractivity contribution in [1.82, 2.24) is 9.62 Å². The van der Waals surface area contributed by atoms with Gasteiger partial charge in [-0.15, -0.1) is 0 Å². The second kappa shape index (κ2) is 8.08. The van der Waals surface area contributed by atoms with Gasteiger partial charge in [-0.3, -0.25) is 0 Å². The van der Waals surface area contributed by atoms with E-state index in [-0.39, 0.29) is 17.5 Å². The summed E-state index contributed by atoms with van der Waals surface area (Å²) >= 11 is 0. The van der Waals surface area contributed by atoms with Crippen LogP contribution in [0.2, 0.25) is 0 Å². The van der Waals surface area contributed by atoms with E-state index in [1.807, 2.05) is 31.1 Å². The lowest BCUT2D eigenvalue weighted by molar-refractivity contribution is 0.299. The van der Waals surface area contributed by atoms with Crippen LogP contribution < -0.4 is 4.72 Å². The Morgan fingerprint density at radius 1 is 1.12 bits per heavy atom. The number of rotatable bonds is 7. The predicted octanol–water partition coefficient (Wildman–Crippen LogP) is 3.28. The van der Waals surface area contributed by atoms with Crippen molar-refractivity contribution in [2.24, 2.45) is 0 Å². The highest BCUT2D eigenvalue weighted by atomic mass is 32.2. The van der Waals surface area contributed by atoms with Crippen molar-refractivity contribution in [3.05, 3.63) is 65.0 Å². The van der Waals surface area contributed by atoms with Crippen molar-refractivity contribution >= 4 is 10.0 Å². The lowest BCUT2D eigenvalue weighted by Gasteiger charge is -2.25. The average Bonchev–Trinajstić information content (AvgIpc) is 2.57. The molecule has 0 fully saturated rings. The molecule has 1 unspecified atom stereocenters. The molecule has 6 heteroatoms. The first kappa shape index (κ1) is 19.6. The Balaban J connectivity index is 2.21. The fourth-order valence-electron chi connectivity index (χ4n) is 2.70. The Bertz CT molecular complexity index is 818. The zero-order chi connectivity index (χ0) is 18.6. The summed E-state index contributed by atoms with van der Waals surface area (Å²) in [4.78, 5) is 1.94. The number of nitrogens with zero attached hydrogens (tertiary/aromatic N) is 1. The summed E-state index contributed by atoms with van der Waals surface area (Å²) in [6, 6.07) is 11.8. The van der Waals surface area contributed by atoms with Crippen LogP contribution in [0.4, 0.5) is 4.39 Å². The Morgan fingerprint density at radius 3 is 2.32 bits per heavy atom. The lowest BCUT2D eigenvalue weighted by Crippen LogP contribution is -2.34. The standard InChI is InChI=1S/C19H25FN2O2S/c1-5-15-7-9-16(10-8-15)18(22(3)4)13-21-25(23,24)19-12-17(20)11-6-14(19)2/h6-12,18,21H,5,13H2,1-4H3. The van der Waals surface area contributed by atoms with Gasteiger partial charge in [-0.05, 0) is 56.3 Å². The van der Waals surface area contributed by atoms with Gasteiger partial charge in [0.25, 0.3) is 0 Å². The summed E-state index contributed by atoms with van der Waals surface area (Å²) in [5, 5.41) is 0. The van der Waals surface area contributed by atoms with Crippen LogP contribution in [-0.4, -0.2) is 34.0 Å². The summed E-state index contributed by atoms with van der Waals surface area (Å²) < 4.78 is 41.2. The molecular weight excluding hydrogens is 339 g/mol. The lowest BCUT2D eigenvalue weighted by atomic mass is 10.0. The number of hydrogen-bond donors (Lipinski definition) is 1. The number of likely N-dealkylation sites (N-methyl/N-ethyl adjacent to an activating group) is 1. The van der Waals surface area contributed by atoms with E-state index in [9.17, 15) is 12.8 Å². The molecule has 2 rings (SSSR count). The average molecular weight is 364 g/mol. The molecule has 136 valence electrons. The minimum absolute atomic E-state index is 0.0219. The number of aryl methyl sites for hydroxylation is 2. The highest BCUT2D eigenvalue weighted by molar-refractivity contribution is 7.89. The molecule has 1 N–H and O–H groups in total. The molecule has 0 aliphatic heterocycles. The molecule has 0 heterocycles. The molecule has 0 amide bonds. The van der Waals surface area contributed by atoms with Gasteiger partial charge >= 0.3 is 0 Å². The number of hydrogen-bond acceptors (Lipinski definition) is 3. The minimum Gasteiger partial charge on any atom is -0.301 e. The van der Waals surface area contributed by atoms with Gasteiger partial charge in [0, 0.05) is 12.6 Å². The summed E-state index contributed by atoms with van der Waals surface area (Å²) in [7, 11) is 0.0263. The molecule has 0 saturated carbocycles. The maximum absolute atomic E-state index is 13.4. The normalized spacial score (nSPS) is 13.2. The van der Waals surface area contributed by atoms with Gasteiger partial charge in [-0.1, -0.05) is 37.3 Å². The first-order valence-corrected chi connectivity index (χ1v) is 9.74. The number of halogens is 1. The highest BCUT2D eigenvalue weighted by Crippen LogP contribution is 2.21. The van der Waals surface area contributed by atoms with E-state index < -0.39 is 15.8 Å². The van der Waals surface area contributed by atoms with E-state index in [4.69, 9.17) is 0 Å². The quantitative estimate of drug-likeness (QED) is 0.820. The van der Waals surface area contributed by atoms with E-state index in [0.717, 1.165) is 18.1 Å². The van der Waals surface area contributed by atoms with Crippen LogP contribution in [0, 0.1) is 12.7 Å². The molecule has 0 saturated heterocycles. The summed E-state index contributed by atoms with van der Waals surface area (Å²) in [5.74, 6) is -0.565. The van der Waals surface area contributed by atoms with Crippen LogP contribution in [0.15, 0.2) is 47.4 Å². The van der Waals surface area contributed by atoms with Gasteiger partial charge in [0.05, 0.1) is 4.90 Å². The number of sulfonamides is 1. The van der Waals surface area contributed by atoms with E-state index in [0.29, 0.717) is 5.56 Å². The number of benzene rings is 2. The van der Waals surface area contributed by atoms with Crippen molar-refractivity contribution in [3.63, 3.8) is 0 Å². The SMILES string of the molecule is CCc1ccc(C(CNS(=O)(=O)c2cc(F)ccc2C)N(C)C)cc1. The molecular formula is C19H25FN2O2S.